The normalized spacial score (nSPS) is 15.3. The number of fused-ring (bicyclic) bond motifs is 14. The Morgan fingerprint density at radius 1 is 0.491 bits per heavy atom. The van der Waals surface area contributed by atoms with Gasteiger partial charge in [-0.3, -0.25) is 9.97 Å². The zero-order valence-corrected chi connectivity index (χ0v) is 30.0. The second-order valence-electron chi connectivity index (χ2n) is 14.4. The summed E-state index contributed by atoms with van der Waals surface area (Å²) in [6.45, 7) is 0. The number of aromatic nitrogens is 3. The summed E-state index contributed by atoms with van der Waals surface area (Å²) in [5.41, 5.74) is 11.3. The van der Waals surface area contributed by atoms with Gasteiger partial charge in [0.25, 0.3) is 0 Å². The molecular formula is C49H26N6O2. The van der Waals surface area contributed by atoms with Crippen LogP contribution in [0.2, 0.25) is 0 Å². The van der Waals surface area contributed by atoms with Crippen molar-refractivity contribution >= 4 is 38.9 Å². The number of nitrogens with zero attached hydrogens (tertiary/aromatic N) is 6. The van der Waals surface area contributed by atoms with E-state index < -0.39 is 5.41 Å². The Bertz CT molecular complexity index is 3200. The molecule has 0 bridgehead atoms. The molecule has 0 fully saturated rings. The van der Waals surface area contributed by atoms with Gasteiger partial charge in [0.1, 0.15) is 11.5 Å². The Morgan fingerprint density at radius 2 is 1.07 bits per heavy atom. The van der Waals surface area contributed by atoms with Crippen molar-refractivity contribution in [3.63, 3.8) is 0 Å². The van der Waals surface area contributed by atoms with Crippen LogP contribution in [0.1, 0.15) is 33.4 Å². The third kappa shape index (κ3) is 4.13. The van der Waals surface area contributed by atoms with Gasteiger partial charge in [0, 0.05) is 39.3 Å². The minimum atomic E-state index is -0.867. The lowest BCUT2D eigenvalue weighted by molar-refractivity contribution is 0.436. The molecule has 8 nitrogen and oxygen atoms in total. The SMILES string of the molecule is N#Cc1ccc2c(c1)c1cc(C#N)ccc1n2-c1ccc2c(c1)C1(c3ccccc3O2)c2cccnc2-c2ncc(N3c4ccccc4Oc4ccccc43)cc21. The summed E-state index contributed by atoms with van der Waals surface area (Å²) in [6.07, 6.45) is 3.76. The lowest BCUT2D eigenvalue weighted by Crippen LogP contribution is -2.32. The van der Waals surface area contributed by atoms with Crippen LogP contribution in [-0.4, -0.2) is 14.5 Å². The van der Waals surface area contributed by atoms with E-state index in [1.54, 1.807) is 0 Å². The quantitative estimate of drug-likeness (QED) is 0.174. The minimum Gasteiger partial charge on any atom is -0.457 e. The molecule has 1 unspecified atom stereocenters. The average Bonchev–Trinajstić information content (AvgIpc) is 3.75. The van der Waals surface area contributed by atoms with Gasteiger partial charge >= 0.3 is 0 Å². The van der Waals surface area contributed by atoms with Crippen molar-refractivity contribution in [3.05, 3.63) is 191 Å². The number of benzene rings is 6. The molecule has 0 radical (unpaired) electrons. The number of pyridine rings is 2. The lowest BCUT2D eigenvalue weighted by Gasteiger charge is -2.39. The predicted molar refractivity (Wildman–Crippen MR) is 218 cm³/mol. The Balaban J connectivity index is 1.16. The van der Waals surface area contributed by atoms with Gasteiger partial charge in [-0.05, 0) is 103 Å². The fourth-order valence-corrected chi connectivity index (χ4v) is 9.26. The first-order valence-corrected chi connectivity index (χ1v) is 18.6. The zero-order valence-electron chi connectivity index (χ0n) is 30.0. The number of anilines is 3. The molecule has 2 aliphatic heterocycles. The smallest absolute Gasteiger partial charge is 0.151 e. The molecule has 8 heteroatoms. The van der Waals surface area contributed by atoms with Crippen LogP contribution in [0.3, 0.4) is 0 Å². The molecule has 12 rings (SSSR count). The maximum absolute atomic E-state index is 9.84. The van der Waals surface area contributed by atoms with Crippen molar-refractivity contribution in [1.82, 2.24) is 14.5 Å². The summed E-state index contributed by atoms with van der Waals surface area (Å²) in [6, 6.07) is 53.2. The summed E-state index contributed by atoms with van der Waals surface area (Å²) >= 11 is 0. The lowest BCUT2D eigenvalue weighted by atomic mass is 9.66. The van der Waals surface area contributed by atoms with E-state index in [-0.39, 0.29) is 0 Å². The first-order chi connectivity index (χ1) is 28.1. The highest BCUT2D eigenvalue weighted by atomic mass is 16.5. The van der Waals surface area contributed by atoms with Gasteiger partial charge in [0.2, 0.25) is 0 Å². The van der Waals surface area contributed by atoms with Crippen LogP contribution in [0.15, 0.2) is 158 Å². The van der Waals surface area contributed by atoms with Crippen molar-refractivity contribution in [1.29, 1.82) is 10.5 Å². The maximum atomic E-state index is 9.84. The third-order valence-electron chi connectivity index (χ3n) is 11.6. The van der Waals surface area contributed by atoms with E-state index >= 15 is 0 Å². The largest absolute Gasteiger partial charge is 0.457 e. The van der Waals surface area contributed by atoms with E-state index in [1.807, 2.05) is 109 Å². The molecule has 9 aromatic rings. The van der Waals surface area contributed by atoms with Gasteiger partial charge in [-0.2, -0.15) is 10.5 Å². The van der Waals surface area contributed by atoms with Crippen LogP contribution in [0.25, 0.3) is 38.9 Å². The van der Waals surface area contributed by atoms with Crippen molar-refractivity contribution in [2.24, 2.45) is 0 Å². The van der Waals surface area contributed by atoms with Gasteiger partial charge in [-0.1, -0.05) is 48.5 Å². The summed E-state index contributed by atoms with van der Waals surface area (Å²) in [4.78, 5) is 12.5. The number of para-hydroxylation sites is 5. The molecular weight excluding hydrogens is 705 g/mol. The van der Waals surface area contributed by atoms with Crippen LogP contribution in [0, 0.1) is 22.7 Å². The molecule has 0 N–H and O–H groups in total. The molecule has 0 saturated carbocycles. The second-order valence-corrected chi connectivity index (χ2v) is 14.4. The molecule has 5 heterocycles. The molecule has 1 spiro atoms. The number of ether oxygens (including phenoxy) is 2. The van der Waals surface area contributed by atoms with Gasteiger partial charge in [-0.25, -0.2) is 0 Å². The van der Waals surface area contributed by atoms with Crippen LogP contribution in [-0.2, 0) is 5.41 Å². The summed E-state index contributed by atoms with van der Waals surface area (Å²) in [7, 11) is 0. The standard InChI is InChI=1S/C49H26N6O2/c50-26-29-15-18-39-33(22-29)34-23-30(27-51)16-19-40(34)54(39)31-17-20-44-37(24-31)49(35-8-1-4-12-43(35)56-44)36-9-7-21-52-47(36)48-38(49)25-32(28-53-48)55-41-10-2-5-13-45(41)57-46-14-6-3-11-42(46)55/h1-25,28H. The van der Waals surface area contributed by atoms with Crippen molar-refractivity contribution in [2.75, 3.05) is 4.90 Å². The highest BCUT2D eigenvalue weighted by molar-refractivity contribution is 6.10. The zero-order chi connectivity index (χ0) is 37.8. The predicted octanol–water partition coefficient (Wildman–Crippen LogP) is 11.4. The monoisotopic (exact) mass is 730 g/mol. The fraction of sp³-hybridized carbons (Fsp3) is 0.0204. The third-order valence-corrected chi connectivity index (χ3v) is 11.6. The first kappa shape index (κ1) is 31.2. The van der Waals surface area contributed by atoms with E-state index in [9.17, 15) is 10.5 Å². The van der Waals surface area contributed by atoms with Crippen molar-refractivity contribution < 1.29 is 9.47 Å². The highest BCUT2D eigenvalue weighted by Crippen LogP contribution is 2.62. The average molecular weight is 731 g/mol. The highest BCUT2D eigenvalue weighted by Gasteiger charge is 2.53. The Hall–Kier alpha value is -8.20. The van der Waals surface area contributed by atoms with Crippen LogP contribution in [0.4, 0.5) is 17.1 Å². The molecule has 57 heavy (non-hydrogen) atoms. The molecule has 0 saturated heterocycles. The van der Waals surface area contributed by atoms with Gasteiger partial charge in [0.05, 0.1) is 74.4 Å². The maximum Gasteiger partial charge on any atom is 0.151 e. The van der Waals surface area contributed by atoms with Gasteiger partial charge < -0.3 is 18.9 Å². The van der Waals surface area contributed by atoms with Crippen LogP contribution >= 0.6 is 0 Å². The van der Waals surface area contributed by atoms with Crippen molar-refractivity contribution in [2.45, 2.75) is 5.41 Å². The Kier molecular flexibility index (Phi) is 6.24. The molecule has 264 valence electrons. The molecule has 0 amide bonds. The van der Waals surface area contributed by atoms with Crippen LogP contribution in [0.5, 0.6) is 23.0 Å². The Morgan fingerprint density at radius 3 is 1.77 bits per heavy atom. The molecule has 6 aromatic carbocycles. The van der Waals surface area contributed by atoms with E-state index in [2.05, 4.69) is 70.1 Å². The van der Waals surface area contributed by atoms with Gasteiger partial charge in [-0.15, -0.1) is 0 Å². The number of rotatable bonds is 2. The molecule has 1 aliphatic carbocycles. The number of hydrogen-bond donors (Lipinski definition) is 0. The minimum absolute atomic E-state index is 0.554. The van der Waals surface area contributed by atoms with Crippen LogP contribution < -0.4 is 14.4 Å². The number of nitriles is 2. The summed E-state index contributed by atoms with van der Waals surface area (Å²) in [5, 5.41) is 21.5. The van der Waals surface area contributed by atoms with E-state index in [4.69, 9.17) is 19.4 Å². The second kappa shape index (κ2) is 11.4. The molecule has 3 aliphatic rings. The first-order valence-electron chi connectivity index (χ1n) is 18.6. The van der Waals surface area contributed by atoms with Gasteiger partial charge in [0.15, 0.2) is 11.5 Å². The Labute approximate surface area is 326 Å². The topological polar surface area (TPSA) is 100.0 Å². The van der Waals surface area contributed by atoms with E-state index in [0.29, 0.717) is 11.1 Å². The fourth-order valence-electron chi connectivity index (χ4n) is 9.26. The molecule has 1 atom stereocenters. The van der Waals surface area contributed by atoms with E-state index in [0.717, 1.165) is 101 Å². The molecule has 3 aromatic heterocycles. The number of hydrogen-bond acceptors (Lipinski definition) is 7. The van der Waals surface area contributed by atoms with Crippen molar-refractivity contribution in [3.8, 4) is 52.2 Å². The van der Waals surface area contributed by atoms with E-state index in [1.165, 1.54) is 0 Å². The summed E-state index contributed by atoms with van der Waals surface area (Å²) in [5.74, 6) is 3.01. The summed E-state index contributed by atoms with van der Waals surface area (Å²) < 4.78 is 15.4.